The van der Waals surface area contributed by atoms with Crippen LogP contribution in [0.2, 0.25) is 0 Å². The Labute approximate surface area is 66.1 Å². The molecule has 0 aliphatic rings. The predicted molar refractivity (Wildman–Crippen MR) is 45.3 cm³/mol. The molecule has 0 aromatic heterocycles. The second-order valence-electron chi connectivity index (χ2n) is 2.15. The summed E-state index contributed by atoms with van der Waals surface area (Å²) in [6, 6.07) is 8.04. The van der Waals surface area contributed by atoms with Gasteiger partial charge < -0.3 is 0 Å². The van der Waals surface area contributed by atoms with Gasteiger partial charge in [-0.3, -0.25) is 4.84 Å². The van der Waals surface area contributed by atoms with Crippen molar-refractivity contribution in [3.05, 3.63) is 29.8 Å². The summed E-state index contributed by atoms with van der Waals surface area (Å²) in [4.78, 5) is 2.57. The van der Waals surface area contributed by atoms with Gasteiger partial charge in [-0.1, -0.05) is 19.1 Å². The van der Waals surface area contributed by atoms with E-state index < -0.39 is 0 Å². The minimum absolute atomic E-state index is 0.959. The highest BCUT2D eigenvalue weighted by molar-refractivity contribution is 6.23. The summed E-state index contributed by atoms with van der Waals surface area (Å²) in [7, 11) is 0. The number of rotatable bonds is 2. The summed E-state index contributed by atoms with van der Waals surface area (Å²) in [5, 5.41) is 0. The summed E-state index contributed by atoms with van der Waals surface area (Å²) < 4.78 is 0. The number of hydrogen-bond donors (Lipinski definition) is 1. The molecule has 0 amide bonds. The fourth-order valence-corrected chi connectivity index (χ4v) is 0.968. The Morgan fingerprint density at radius 1 is 1.50 bits per heavy atom. The lowest BCUT2D eigenvalue weighted by molar-refractivity contribution is 1.14. The van der Waals surface area contributed by atoms with E-state index in [-0.39, 0.29) is 0 Å². The molecule has 2 heteroatoms. The van der Waals surface area contributed by atoms with E-state index in [4.69, 9.17) is 11.8 Å². The van der Waals surface area contributed by atoms with Crippen molar-refractivity contribution in [1.82, 2.24) is 0 Å². The number of hydrogen-bond acceptors (Lipinski definition) is 1. The van der Waals surface area contributed by atoms with Gasteiger partial charge in [0.25, 0.3) is 0 Å². The fourth-order valence-electron chi connectivity index (χ4n) is 0.850. The van der Waals surface area contributed by atoms with Crippen LogP contribution in [0, 0.1) is 0 Å². The van der Waals surface area contributed by atoms with E-state index in [0.717, 1.165) is 12.1 Å². The average Bonchev–Trinajstić information content (AvgIpc) is 2.05. The topological polar surface area (TPSA) is 12.0 Å². The smallest absolute Gasteiger partial charge is 0.0494 e. The van der Waals surface area contributed by atoms with Gasteiger partial charge in [-0.2, -0.15) is 0 Å². The molecule has 0 bridgehead atoms. The van der Waals surface area contributed by atoms with Crippen LogP contribution in [-0.4, -0.2) is 0 Å². The van der Waals surface area contributed by atoms with Crippen LogP contribution in [0.3, 0.4) is 0 Å². The molecule has 0 radical (unpaired) electrons. The van der Waals surface area contributed by atoms with Crippen LogP contribution in [0.25, 0.3) is 0 Å². The van der Waals surface area contributed by atoms with Crippen LogP contribution < -0.4 is 4.84 Å². The van der Waals surface area contributed by atoms with E-state index in [9.17, 15) is 0 Å². The molecule has 0 aliphatic carbocycles. The van der Waals surface area contributed by atoms with E-state index >= 15 is 0 Å². The molecule has 0 saturated heterocycles. The van der Waals surface area contributed by atoms with E-state index in [1.54, 1.807) is 0 Å². The van der Waals surface area contributed by atoms with Crippen molar-refractivity contribution >= 4 is 17.5 Å². The Kier molecular flexibility index (Phi) is 2.57. The maximum atomic E-state index is 5.41. The number of benzene rings is 1. The van der Waals surface area contributed by atoms with E-state index in [2.05, 4.69) is 17.8 Å². The molecule has 1 nitrogen and oxygen atoms in total. The van der Waals surface area contributed by atoms with Gasteiger partial charge in [0.2, 0.25) is 0 Å². The second kappa shape index (κ2) is 3.47. The van der Waals surface area contributed by atoms with Gasteiger partial charge in [-0.05, 0) is 24.1 Å². The third-order valence-corrected chi connectivity index (χ3v) is 1.66. The van der Waals surface area contributed by atoms with E-state index in [1.807, 2.05) is 18.2 Å². The molecule has 0 aliphatic heterocycles. The maximum absolute atomic E-state index is 5.41. The van der Waals surface area contributed by atoms with Crippen molar-refractivity contribution in [3.63, 3.8) is 0 Å². The molecular formula is C8H10ClN. The molecule has 0 atom stereocenters. The minimum Gasteiger partial charge on any atom is -0.299 e. The highest BCUT2D eigenvalue weighted by Crippen LogP contribution is 2.11. The summed E-state index contributed by atoms with van der Waals surface area (Å²) in [6.07, 6.45) is 1.05. The first kappa shape index (κ1) is 7.42. The van der Waals surface area contributed by atoms with Gasteiger partial charge in [0.1, 0.15) is 0 Å². The van der Waals surface area contributed by atoms with Crippen LogP contribution in [0.1, 0.15) is 12.5 Å². The molecule has 0 saturated carbocycles. The molecule has 1 aromatic rings. The molecule has 0 unspecified atom stereocenters. The van der Waals surface area contributed by atoms with Gasteiger partial charge in [0, 0.05) is 17.5 Å². The van der Waals surface area contributed by atoms with Crippen LogP contribution >= 0.6 is 11.8 Å². The number of aryl methyl sites for hydroxylation is 1. The van der Waals surface area contributed by atoms with Crippen molar-refractivity contribution in [1.29, 1.82) is 0 Å². The molecule has 0 fully saturated rings. The normalized spacial score (nSPS) is 9.40. The monoisotopic (exact) mass is 155 g/mol. The van der Waals surface area contributed by atoms with Gasteiger partial charge in [0.05, 0.1) is 0 Å². The van der Waals surface area contributed by atoms with Gasteiger partial charge in [-0.15, -0.1) is 0 Å². The highest BCUT2D eigenvalue weighted by Gasteiger charge is 1.89. The molecule has 10 heavy (non-hydrogen) atoms. The largest absolute Gasteiger partial charge is 0.299 e. The lowest BCUT2D eigenvalue weighted by Gasteiger charge is -1.99. The molecule has 0 spiro atoms. The van der Waals surface area contributed by atoms with Crippen molar-refractivity contribution in [3.8, 4) is 0 Å². The number of halogens is 1. The zero-order valence-corrected chi connectivity index (χ0v) is 6.65. The van der Waals surface area contributed by atoms with Crippen molar-refractivity contribution in [2.24, 2.45) is 0 Å². The predicted octanol–water partition coefficient (Wildman–Crippen LogP) is 2.81. The van der Waals surface area contributed by atoms with Crippen molar-refractivity contribution < 1.29 is 0 Å². The summed E-state index contributed by atoms with van der Waals surface area (Å²) in [5.74, 6) is 0. The molecule has 1 aromatic carbocycles. The second-order valence-corrected chi connectivity index (χ2v) is 2.34. The summed E-state index contributed by atoms with van der Waals surface area (Å²) >= 11 is 5.41. The quantitative estimate of drug-likeness (QED) is 0.648. The number of anilines is 1. The Bertz CT molecular complexity index is 191. The molecule has 0 heterocycles. The van der Waals surface area contributed by atoms with Gasteiger partial charge >= 0.3 is 0 Å². The van der Waals surface area contributed by atoms with Crippen molar-refractivity contribution in [2.75, 3.05) is 4.84 Å². The molecular weight excluding hydrogens is 146 g/mol. The zero-order chi connectivity index (χ0) is 7.40. The lowest BCUT2D eigenvalue weighted by Crippen LogP contribution is -1.82. The zero-order valence-electron chi connectivity index (χ0n) is 5.89. The van der Waals surface area contributed by atoms with Crippen LogP contribution in [0.5, 0.6) is 0 Å². The Morgan fingerprint density at radius 2 is 2.30 bits per heavy atom. The Morgan fingerprint density at radius 3 is 2.90 bits per heavy atom. The maximum Gasteiger partial charge on any atom is 0.0494 e. The summed E-state index contributed by atoms with van der Waals surface area (Å²) in [6.45, 7) is 2.12. The average molecular weight is 156 g/mol. The van der Waals surface area contributed by atoms with E-state index in [1.165, 1.54) is 5.56 Å². The minimum atomic E-state index is 0.959. The molecule has 54 valence electrons. The highest BCUT2D eigenvalue weighted by atomic mass is 35.5. The van der Waals surface area contributed by atoms with Gasteiger partial charge in [0.15, 0.2) is 0 Å². The Hall–Kier alpha value is -0.690. The first-order valence-corrected chi connectivity index (χ1v) is 3.70. The van der Waals surface area contributed by atoms with Crippen LogP contribution in [0.15, 0.2) is 24.3 Å². The molecule has 1 N–H and O–H groups in total. The third kappa shape index (κ3) is 1.64. The first-order valence-electron chi connectivity index (χ1n) is 3.32. The van der Waals surface area contributed by atoms with Crippen LogP contribution in [0.4, 0.5) is 5.69 Å². The van der Waals surface area contributed by atoms with Crippen molar-refractivity contribution in [2.45, 2.75) is 13.3 Å². The van der Waals surface area contributed by atoms with Crippen LogP contribution in [-0.2, 0) is 6.42 Å². The lowest BCUT2D eigenvalue weighted by atomic mass is 10.1. The van der Waals surface area contributed by atoms with E-state index in [0.29, 0.717) is 0 Å². The number of nitrogens with one attached hydrogen (secondary N) is 1. The molecule has 1 rings (SSSR count). The SMILES string of the molecule is CCc1cccc(NCl)c1. The standard InChI is InChI=1S/C8H10ClN/c1-2-7-4-3-5-8(6-7)10-9/h3-6,10H,2H2,1H3. The summed E-state index contributed by atoms with van der Waals surface area (Å²) in [5.41, 5.74) is 2.26. The Balaban J connectivity index is 2.87. The first-order chi connectivity index (χ1) is 4.86. The fraction of sp³-hybridized carbons (Fsp3) is 0.250. The third-order valence-electron chi connectivity index (χ3n) is 1.44. The van der Waals surface area contributed by atoms with Gasteiger partial charge in [-0.25, -0.2) is 0 Å².